The molecule has 0 radical (unpaired) electrons. The van der Waals surface area contributed by atoms with E-state index in [1.54, 1.807) is 35.4 Å². The predicted molar refractivity (Wildman–Crippen MR) is 60.4 cm³/mol. The fourth-order valence-electron chi connectivity index (χ4n) is 1.22. The number of aromatic nitrogens is 3. The summed E-state index contributed by atoms with van der Waals surface area (Å²) in [6, 6.07) is 3.39. The molecule has 0 bridgehead atoms. The van der Waals surface area contributed by atoms with Crippen LogP contribution in [0.15, 0.2) is 35.3 Å². The summed E-state index contributed by atoms with van der Waals surface area (Å²) in [6.45, 7) is 0. The number of methoxy groups -OCH3 is 1. The first-order chi connectivity index (χ1) is 7.70. The molecule has 0 saturated heterocycles. The minimum Gasteiger partial charge on any atom is -0.464 e. The topological polar surface area (TPSA) is 57.0 Å². The third-order valence-electron chi connectivity index (χ3n) is 1.94. The van der Waals surface area contributed by atoms with Crippen molar-refractivity contribution in [2.24, 2.45) is 0 Å². The lowest BCUT2D eigenvalue weighted by atomic mass is 10.3. The second kappa shape index (κ2) is 4.44. The van der Waals surface area contributed by atoms with Crippen molar-refractivity contribution in [3.05, 3.63) is 41.0 Å². The Labute approximate surface area is 100 Å². The largest absolute Gasteiger partial charge is 0.464 e. The summed E-state index contributed by atoms with van der Waals surface area (Å²) in [5.41, 5.74) is 0.251. The number of imidazole rings is 1. The first kappa shape index (κ1) is 10.8. The molecule has 0 saturated carbocycles. The van der Waals surface area contributed by atoms with Gasteiger partial charge in [0.1, 0.15) is 12.1 Å². The van der Waals surface area contributed by atoms with Crippen LogP contribution in [-0.4, -0.2) is 27.6 Å². The van der Waals surface area contributed by atoms with Crippen molar-refractivity contribution in [1.82, 2.24) is 14.5 Å². The molecule has 5 nitrogen and oxygen atoms in total. The molecular formula is C10H8BrN3O2. The van der Waals surface area contributed by atoms with Crippen molar-refractivity contribution in [3.63, 3.8) is 0 Å². The number of carbonyl (C=O) groups is 1. The smallest absolute Gasteiger partial charge is 0.356 e. The van der Waals surface area contributed by atoms with Crippen molar-refractivity contribution < 1.29 is 9.53 Å². The van der Waals surface area contributed by atoms with E-state index in [1.165, 1.54) is 7.11 Å². The van der Waals surface area contributed by atoms with Gasteiger partial charge in [0.2, 0.25) is 0 Å². The highest BCUT2D eigenvalue weighted by atomic mass is 79.9. The minimum atomic E-state index is -0.470. The molecular weight excluding hydrogens is 274 g/mol. The number of hydrogen-bond donors (Lipinski definition) is 0. The summed E-state index contributed by atoms with van der Waals surface area (Å²) in [4.78, 5) is 19.4. The highest BCUT2D eigenvalue weighted by molar-refractivity contribution is 9.10. The molecule has 2 rings (SSSR count). The second-order valence-electron chi connectivity index (χ2n) is 2.99. The van der Waals surface area contributed by atoms with Gasteiger partial charge in [-0.25, -0.2) is 14.8 Å². The Balaban J connectivity index is 2.48. The number of rotatable bonds is 2. The summed E-state index contributed by atoms with van der Waals surface area (Å²) in [5, 5.41) is 0. The van der Waals surface area contributed by atoms with Crippen molar-refractivity contribution in [1.29, 1.82) is 0 Å². The third-order valence-corrected chi connectivity index (χ3v) is 2.40. The summed E-state index contributed by atoms with van der Waals surface area (Å²) >= 11 is 3.31. The Kier molecular flexibility index (Phi) is 3.00. The van der Waals surface area contributed by atoms with Gasteiger partial charge in [0.25, 0.3) is 0 Å². The molecule has 0 unspecified atom stereocenters. The second-order valence-corrected chi connectivity index (χ2v) is 3.91. The van der Waals surface area contributed by atoms with Gasteiger partial charge in [0, 0.05) is 16.9 Å². The van der Waals surface area contributed by atoms with Crippen LogP contribution >= 0.6 is 15.9 Å². The van der Waals surface area contributed by atoms with Crippen molar-refractivity contribution in [2.45, 2.75) is 0 Å². The molecule has 0 fully saturated rings. The molecule has 0 N–H and O–H groups in total. The molecule has 0 aliphatic carbocycles. The van der Waals surface area contributed by atoms with Crippen LogP contribution in [0.2, 0.25) is 0 Å². The van der Waals surface area contributed by atoms with E-state index in [9.17, 15) is 4.79 Å². The third kappa shape index (κ3) is 2.11. The summed E-state index contributed by atoms with van der Waals surface area (Å²) in [6.07, 6.45) is 4.99. The van der Waals surface area contributed by atoms with E-state index in [2.05, 4.69) is 30.6 Å². The van der Waals surface area contributed by atoms with Gasteiger partial charge in [0.15, 0.2) is 5.69 Å². The summed E-state index contributed by atoms with van der Waals surface area (Å²) in [5.74, 6) is 0.134. The van der Waals surface area contributed by atoms with Crippen LogP contribution in [0.25, 0.3) is 5.82 Å². The number of carbonyl (C=O) groups excluding carboxylic acids is 1. The van der Waals surface area contributed by atoms with Gasteiger partial charge in [-0.1, -0.05) is 15.9 Å². The van der Waals surface area contributed by atoms with Gasteiger partial charge < -0.3 is 4.74 Å². The van der Waals surface area contributed by atoms with E-state index >= 15 is 0 Å². The maximum Gasteiger partial charge on any atom is 0.356 e. The van der Waals surface area contributed by atoms with Crippen molar-refractivity contribution in [3.8, 4) is 5.82 Å². The normalized spacial score (nSPS) is 10.1. The predicted octanol–water partition coefficient (Wildman–Crippen LogP) is 1.82. The lowest BCUT2D eigenvalue weighted by Gasteiger charge is -2.04. The minimum absolute atomic E-state index is 0.251. The van der Waals surface area contributed by atoms with Gasteiger partial charge >= 0.3 is 5.97 Å². The molecule has 16 heavy (non-hydrogen) atoms. The number of hydrogen-bond acceptors (Lipinski definition) is 4. The molecule has 6 heteroatoms. The average molecular weight is 282 g/mol. The molecule has 0 atom stereocenters. The lowest BCUT2D eigenvalue weighted by Crippen LogP contribution is -2.07. The molecule has 0 amide bonds. The molecule has 0 aromatic carbocycles. The van der Waals surface area contributed by atoms with E-state index in [4.69, 9.17) is 0 Å². The SMILES string of the molecule is COC(=O)c1cc(Br)cc(-n2ccnc2)n1. The molecule has 2 aromatic heterocycles. The quantitative estimate of drug-likeness (QED) is 0.788. The van der Waals surface area contributed by atoms with Crippen molar-refractivity contribution >= 4 is 21.9 Å². The van der Waals surface area contributed by atoms with Crippen LogP contribution < -0.4 is 0 Å². The molecule has 2 heterocycles. The summed E-state index contributed by atoms with van der Waals surface area (Å²) in [7, 11) is 1.32. The Bertz CT molecular complexity index is 511. The lowest BCUT2D eigenvalue weighted by molar-refractivity contribution is 0.0594. The van der Waals surface area contributed by atoms with Crippen LogP contribution in [0.3, 0.4) is 0 Å². The highest BCUT2D eigenvalue weighted by Crippen LogP contribution is 2.16. The van der Waals surface area contributed by atoms with E-state index in [1.807, 2.05) is 0 Å². The van der Waals surface area contributed by atoms with E-state index in [-0.39, 0.29) is 5.69 Å². The maximum atomic E-state index is 11.4. The van der Waals surface area contributed by atoms with Crippen LogP contribution in [0.5, 0.6) is 0 Å². The summed E-state index contributed by atoms with van der Waals surface area (Å²) < 4.78 is 7.08. The zero-order valence-electron chi connectivity index (χ0n) is 8.42. The number of ether oxygens (including phenoxy) is 1. The van der Waals surface area contributed by atoms with E-state index in [0.29, 0.717) is 5.82 Å². The maximum absolute atomic E-state index is 11.4. The molecule has 0 spiro atoms. The van der Waals surface area contributed by atoms with Gasteiger partial charge in [-0.05, 0) is 12.1 Å². The van der Waals surface area contributed by atoms with Crippen LogP contribution in [0.1, 0.15) is 10.5 Å². The number of halogens is 1. The molecule has 0 aliphatic rings. The van der Waals surface area contributed by atoms with Crippen LogP contribution in [0, 0.1) is 0 Å². The Morgan fingerprint density at radius 3 is 2.94 bits per heavy atom. The number of esters is 1. The van der Waals surface area contributed by atoms with Crippen LogP contribution in [0.4, 0.5) is 0 Å². The average Bonchev–Trinajstić information content (AvgIpc) is 2.80. The van der Waals surface area contributed by atoms with Gasteiger partial charge in [-0.15, -0.1) is 0 Å². The zero-order valence-corrected chi connectivity index (χ0v) is 10.0. The molecule has 82 valence electrons. The zero-order chi connectivity index (χ0) is 11.5. The highest BCUT2D eigenvalue weighted by Gasteiger charge is 2.10. The van der Waals surface area contributed by atoms with E-state index in [0.717, 1.165) is 4.47 Å². The molecule has 0 aliphatic heterocycles. The Hall–Kier alpha value is -1.69. The van der Waals surface area contributed by atoms with Crippen LogP contribution in [-0.2, 0) is 4.74 Å². The van der Waals surface area contributed by atoms with Gasteiger partial charge in [0.05, 0.1) is 7.11 Å². The fourth-order valence-corrected chi connectivity index (χ4v) is 1.64. The first-order valence-corrected chi connectivity index (χ1v) is 5.24. The van der Waals surface area contributed by atoms with Crippen molar-refractivity contribution in [2.75, 3.05) is 7.11 Å². The Morgan fingerprint density at radius 1 is 1.50 bits per heavy atom. The first-order valence-electron chi connectivity index (χ1n) is 4.45. The molecule has 2 aromatic rings. The standard InChI is InChI=1S/C10H8BrN3O2/c1-16-10(15)8-4-7(11)5-9(13-8)14-3-2-12-6-14/h2-6H,1H3. The monoisotopic (exact) mass is 281 g/mol. The fraction of sp³-hybridized carbons (Fsp3) is 0.100. The van der Waals surface area contributed by atoms with Gasteiger partial charge in [-0.3, -0.25) is 4.57 Å². The Morgan fingerprint density at radius 2 is 2.31 bits per heavy atom. The van der Waals surface area contributed by atoms with E-state index < -0.39 is 5.97 Å². The van der Waals surface area contributed by atoms with Gasteiger partial charge in [-0.2, -0.15) is 0 Å². The number of nitrogens with zero attached hydrogens (tertiary/aromatic N) is 3. The number of pyridine rings is 1.